The molecule has 0 spiro atoms. The Hall–Kier alpha value is -3.09. The Kier molecular flexibility index (Phi) is 4.13. The molecule has 7 nitrogen and oxygen atoms in total. The minimum absolute atomic E-state index is 0.0335. The van der Waals surface area contributed by atoms with Crippen LogP contribution in [0.3, 0.4) is 0 Å². The molecule has 0 atom stereocenters. The van der Waals surface area contributed by atoms with Gasteiger partial charge in [0.15, 0.2) is 6.29 Å². The molecule has 2 rings (SSSR count). The lowest BCUT2D eigenvalue weighted by molar-refractivity contribution is -0.385. The zero-order chi connectivity index (χ0) is 14.4. The van der Waals surface area contributed by atoms with Crippen molar-refractivity contribution in [2.45, 2.75) is 0 Å². The normalized spacial score (nSPS) is 10.4. The maximum absolute atomic E-state index is 10.9. The molecular formula is C13H9N3O4. The van der Waals surface area contributed by atoms with E-state index in [1.807, 2.05) is 6.07 Å². The highest BCUT2D eigenvalue weighted by Crippen LogP contribution is 2.30. The van der Waals surface area contributed by atoms with Crippen LogP contribution in [-0.4, -0.2) is 11.2 Å². The maximum atomic E-state index is 10.9. The van der Waals surface area contributed by atoms with Gasteiger partial charge in [-0.25, -0.2) is 0 Å². The minimum atomic E-state index is -0.652. The fourth-order valence-corrected chi connectivity index (χ4v) is 1.48. The predicted molar refractivity (Wildman–Crippen MR) is 70.1 cm³/mol. The van der Waals surface area contributed by atoms with E-state index in [0.717, 1.165) is 0 Å². The van der Waals surface area contributed by atoms with Crippen molar-refractivity contribution < 1.29 is 14.6 Å². The molecule has 0 aliphatic rings. The van der Waals surface area contributed by atoms with Gasteiger partial charge < -0.3 is 4.84 Å². The molecule has 0 aromatic heterocycles. The summed E-state index contributed by atoms with van der Waals surface area (Å²) in [5.74, 6) is -0.229. The van der Waals surface area contributed by atoms with Crippen LogP contribution in [-0.2, 0) is 0 Å². The largest absolute Gasteiger partial charge is 0.331 e. The summed E-state index contributed by atoms with van der Waals surface area (Å²) in [5, 5.41) is 18.0. The van der Waals surface area contributed by atoms with Gasteiger partial charge in [0.05, 0.1) is 16.2 Å². The number of para-hydroxylation sites is 1. The van der Waals surface area contributed by atoms with Crippen LogP contribution in [0.1, 0.15) is 10.4 Å². The summed E-state index contributed by atoms with van der Waals surface area (Å²) < 4.78 is 0. The molecule has 0 aliphatic heterocycles. The highest BCUT2D eigenvalue weighted by Gasteiger charge is 2.19. The third-order valence-electron chi connectivity index (χ3n) is 2.39. The Morgan fingerprint density at radius 3 is 2.50 bits per heavy atom. The Balaban J connectivity index is 2.26. The van der Waals surface area contributed by atoms with Crippen LogP contribution in [0.2, 0.25) is 0 Å². The highest BCUT2D eigenvalue weighted by atomic mass is 16.7. The van der Waals surface area contributed by atoms with Crippen LogP contribution < -0.4 is 4.84 Å². The lowest BCUT2D eigenvalue weighted by Crippen LogP contribution is -1.96. The fourth-order valence-electron chi connectivity index (χ4n) is 1.48. The Bertz CT molecular complexity index is 656. The second kappa shape index (κ2) is 6.19. The monoisotopic (exact) mass is 271 g/mol. The zero-order valence-electron chi connectivity index (χ0n) is 10.2. The smallest absolute Gasteiger partial charge is 0.315 e. The van der Waals surface area contributed by atoms with Crippen molar-refractivity contribution in [1.82, 2.24) is 0 Å². The van der Waals surface area contributed by atoms with Gasteiger partial charge in [-0.2, -0.15) is 0 Å². The van der Waals surface area contributed by atoms with Crippen molar-refractivity contribution in [1.29, 1.82) is 0 Å². The molecule has 0 heterocycles. The Labute approximate surface area is 113 Å². The number of nitro benzene ring substituents is 1. The van der Waals surface area contributed by atoms with Crippen molar-refractivity contribution in [2.75, 3.05) is 0 Å². The third kappa shape index (κ3) is 3.02. The minimum Gasteiger partial charge on any atom is -0.331 e. The molecule has 7 heteroatoms. The van der Waals surface area contributed by atoms with Crippen LogP contribution in [0.5, 0.6) is 5.75 Å². The summed E-state index contributed by atoms with van der Waals surface area (Å²) in [6, 6.07) is 12.7. The van der Waals surface area contributed by atoms with Crippen molar-refractivity contribution in [2.24, 2.45) is 10.4 Å². The van der Waals surface area contributed by atoms with Gasteiger partial charge in [0, 0.05) is 11.3 Å². The Morgan fingerprint density at radius 1 is 1.10 bits per heavy atom. The number of aldehydes is 1. The van der Waals surface area contributed by atoms with E-state index in [2.05, 4.69) is 10.4 Å². The second-order valence-electron chi connectivity index (χ2n) is 3.68. The summed E-state index contributed by atoms with van der Waals surface area (Å²) in [6.45, 7) is 0. The lowest BCUT2D eigenvalue weighted by atomic mass is 10.2. The molecule has 0 saturated heterocycles. The quantitative estimate of drug-likeness (QED) is 0.360. The van der Waals surface area contributed by atoms with Gasteiger partial charge in [-0.05, 0) is 18.2 Å². The maximum Gasteiger partial charge on any atom is 0.315 e. The van der Waals surface area contributed by atoms with Crippen molar-refractivity contribution in [3.63, 3.8) is 0 Å². The number of carbonyl (C=O) groups is 1. The SMILES string of the molecule is O=Cc1cccc([N+](=O)[O-])c1ON=Nc1ccccc1. The van der Waals surface area contributed by atoms with E-state index in [1.165, 1.54) is 18.2 Å². The molecule has 0 bridgehead atoms. The summed E-state index contributed by atoms with van der Waals surface area (Å²) in [7, 11) is 0. The number of hydrogen-bond donors (Lipinski definition) is 0. The summed E-state index contributed by atoms with van der Waals surface area (Å²) in [5.41, 5.74) is 0.214. The average Bonchev–Trinajstić information content (AvgIpc) is 2.48. The second-order valence-corrected chi connectivity index (χ2v) is 3.68. The van der Waals surface area contributed by atoms with Gasteiger partial charge >= 0.3 is 5.69 Å². The highest BCUT2D eigenvalue weighted by molar-refractivity contribution is 5.82. The van der Waals surface area contributed by atoms with E-state index >= 15 is 0 Å². The van der Waals surface area contributed by atoms with E-state index in [1.54, 1.807) is 24.3 Å². The zero-order valence-corrected chi connectivity index (χ0v) is 10.2. The number of hydrogen-bond acceptors (Lipinski definition) is 6. The van der Waals surface area contributed by atoms with E-state index in [0.29, 0.717) is 12.0 Å². The first-order chi connectivity index (χ1) is 9.72. The standard InChI is InChI=1S/C13H9N3O4/c17-9-10-5-4-8-12(16(18)19)13(10)20-15-14-11-6-2-1-3-7-11/h1-9H. The van der Waals surface area contributed by atoms with Gasteiger partial charge in [-0.3, -0.25) is 14.9 Å². The number of carbonyl (C=O) groups excluding carboxylic acids is 1. The molecule has 20 heavy (non-hydrogen) atoms. The molecule has 2 aromatic carbocycles. The van der Waals surface area contributed by atoms with Crippen molar-refractivity contribution in [3.8, 4) is 5.75 Å². The first kappa shape index (κ1) is 13.3. The van der Waals surface area contributed by atoms with Gasteiger partial charge in [-0.15, -0.1) is 5.11 Å². The molecule has 2 aromatic rings. The van der Waals surface area contributed by atoms with Gasteiger partial charge in [0.25, 0.3) is 0 Å². The van der Waals surface area contributed by atoms with Crippen LogP contribution in [0.15, 0.2) is 58.9 Å². The van der Waals surface area contributed by atoms with E-state index in [4.69, 9.17) is 4.84 Å². The number of nitro groups is 1. The molecule has 0 N–H and O–H groups in total. The van der Waals surface area contributed by atoms with Gasteiger partial charge in [-0.1, -0.05) is 24.3 Å². The van der Waals surface area contributed by atoms with Gasteiger partial charge in [0.2, 0.25) is 5.75 Å². The van der Waals surface area contributed by atoms with Gasteiger partial charge in [0.1, 0.15) is 0 Å². The molecule has 0 radical (unpaired) electrons. The predicted octanol–water partition coefficient (Wildman–Crippen LogP) is 3.49. The molecule has 0 unspecified atom stereocenters. The number of rotatable bonds is 5. The van der Waals surface area contributed by atoms with E-state index in [-0.39, 0.29) is 17.0 Å². The summed E-state index contributed by atoms with van der Waals surface area (Å²) in [4.78, 5) is 26.0. The number of nitrogens with zero attached hydrogens (tertiary/aromatic N) is 3. The third-order valence-corrected chi connectivity index (χ3v) is 2.39. The van der Waals surface area contributed by atoms with Crippen LogP contribution in [0, 0.1) is 10.1 Å². The molecular weight excluding hydrogens is 262 g/mol. The van der Waals surface area contributed by atoms with Crippen molar-refractivity contribution in [3.05, 3.63) is 64.2 Å². The topological polar surface area (TPSA) is 94.2 Å². The van der Waals surface area contributed by atoms with Crippen molar-refractivity contribution >= 4 is 17.7 Å². The molecule has 0 saturated carbocycles. The van der Waals surface area contributed by atoms with E-state index < -0.39 is 4.92 Å². The molecule has 0 amide bonds. The number of benzene rings is 2. The first-order valence-corrected chi connectivity index (χ1v) is 5.58. The molecule has 0 fully saturated rings. The summed E-state index contributed by atoms with van der Waals surface area (Å²) >= 11 is 0. The molecule has 100 valence electrons. The Morgan fingerprint density at radius 2 is 1.85 bits per heavy atom. The van der Waals surface area contributed by atoms with E-state index in [9.17, 15) is 14.9 Å². The average molecular weight is 271 g/mol. The molecule has 0 aliphatic carbocycles. The van der Waals surface area contributed by atoms with Crippen LogP contribution >= 0.6 is 0 Å². The lowest BCUT2D eigenvalue weighted by Gasteiger charge is -2.01. The summed E-state index contributed by atoms with van der Waals surface area (Å²) in [6.07, 6.45) is 0.459. The van der Waals surface area contributed by atoms with Crippen LogP contribution in [0.4, 0.5) is 11.4 Å². The van der Waals surface area contributed by atoms with Crippen LogP contribution in [0.25, 0.3) is 0 Å². The fraction of sp³-hybridized carbons (Fsp3) is 0. The first-order valence-electron chi connectivity index (χ1n) is 5.58.